The van der Waals surface area contributed by atoms with Gasteiger partial charge in [-0.25, -0.2) is 0 Å². The molecule has 0 aromatic heterocycles. The molecule has 0 aliphatic carbocycles. The summed E-state index contributed by atoms with van der Waals surface area (Å²) >= 11 is 0. The van der Waals surface area contributed by atoms with E-state index in [1.807, 2.05) is 0 Å². The number of aromatic hydroxyl groups is 1. The topological polar surface area (TPSA) is 91.2 Å². The summed E-state index contributed by atoms with van der Waals surface area (Å²) in [6.07, 6.45) is 0.496. The predicted molar refractivity (Wildman–Crippen MR) is 71.7 cm³/mol. The molecule has 3 N–H and O–H groups in total. The Hall–Kier alpha value is -2.24. The van der Waals surface area contributed by atoms with Crippen LogP contribution in [0, 0.1) is 0 Å². The molecule has 0 saturated carbocycles. The highest BCUT2D eigenvalue weighted by Crippen LogP contribution is 2.24. The van der Waals surface area contributed by atoms with Crippen LogP contribution in [0.3, 0.4) is 0 Å². The molecule has 0 unspecified atom stereocenters. The Labute approximate surface area is 111 Å². The van der Waals surface area contributed by atoms with Crippen LogP contribution < -0.4 is 10.2 Å². The average Bonchev–Trinajstić information content (AvgIpc) is 2.34. The number of phenols is 1. The number of rotatable bonds is 7. The first kappa shape index (κ1) is 14.8. The number of hydrazone groups is 1. The van der Waals surface area contributed by atoms with Gasteiger partial charge in [-0.05, 0) is 25.5 Å². The van der Waals surface area contributed by atoms with Gasteiger partial charge in [0.05, 0.1) is 12.3 Å². The molecular weight excluding hydrogens is 248 g/mol. The minimum absolute atomic E-state index is 0.0675. The van der Waals surface area contributed by atoms with E-state index >= 15 is 0 Å². The van der Waals surface area contributed by atoms with Gasteiger partial charge in [0.1, 0.15) is 11.5 Å². The van der Waals surface area contributed by atoms with Crippen molar-refractivity contribution in [3.63, 3.8) is 0 Å². The number of nitrogens with zero attached hydrogens (tertiary/aromatic N) is 1. The zero-order valence-electron chi connectivity index (χ0n) is 11.0. The molecule has 0 heterocycles. The molecule has 0 aliphatic heterocycles. The number of ether oxygens (including phenoxy) is 1. The van der Waals surface area contributed by atoms with E-state index in [1.54, 1.807) is 26.1 Å². The van der Waals surface area contributed by atoms with Gasteiger partial charge >= 0.3 is 5.97 Å². The lowest BCUT2D eigenvalue weighted by Crippen LogP contribution is -2.04. The van der Waals surface area contributed by atoms with Gasteiger partial charge in [0.2, 0.25) is 0 Å². The van der Waals surface area contributed by atoms with Crippen LogP contribution >= 0.6 is 0 Å². The van der Waals surface area contributed by atoms with Crippen molar-refractivity contribution in [2.24, 2.45) is 5.10 Å². The van der Waals surface area contributed by atoms with Crippen molar-refractivity contribution in [2.75, 3.05) is 13.7 Å². The van der Waals surface area contributed by atoms with Crippen LogP contribution in [0.4, 0.5) is 0 Å². The van der Waals surface area contributed by atoms with E-state index in [0.717, 1.165) is 0 Å². The van der Waals surface area contributed by atoms with Crippen molar-refractivity contribution in [1.29, 1.82) is 0 Å². The zero-order chi connectivity index (χ0) is 14.3. The summed E-state index contributed by atoms with van der Waals surface area (Å²) < 4.78 is 5.35. The third kappa shape index (κ3) is 4.87. The number of hydrogen-bond donors (Lipinski definition) is 3. The molecule has 1 aromatic carbocycles. The van der Waals surface area contributed by atoms with Crippen LogP contribution in [0.15, 0.2) is 23.3 Å². The van der Waals surface area contributed by atoms with Crippen LogP contribution in [-0.4, -0.2) is 35.5 Å². The number of carboxylic acid groups (broad SMARTS) is 1. The number of phenolic OH excluding ortho intramolecular Hbond substituents is 1. The molecule has 0 saturated heterocycles. The summed E-state index contributed by atoms with van der Waals surface area (Å²) in [5, 5.41) is 22.3. The van der Waals surface area contributed by atoms with E-state index in [1.165, 1.54) is 6.07 Å². The van der Waals surface area contributed by atoms with Gasteiger partial charge < -0.3 is 20.4 Å². The minimum Gasteiger partial charge on any atom is -0.507 e. The normalized spacial score (nSPS) is 11.2. The molecule has 1 aromatic rings. The van der Waals surface area contributed by atoms with Gasteiger partial charge in [-0.1, -0.05) is 0 Å². The molecule has 0 amide bonds. The largest absolute Gasteiger partial charge is 0.507 e. The molecule has 1 rings (SSSR count). The molecular formula is C13H18N2O4. The second kappa shape index (κ2) is 7.25. The molecule has 104 valence electrons. The van der Waals surface area contributed by atoms with Gasteiger partial charge in [-0.3, -0.25) is 4.79 Å². The Morgan fingerprint density at radius 2 is 2.21 bits per heavy atom. The van der Waals surface area contributed by atoms with Crippen LogP contribution in [0.25, 0.3) is 0 Å². The Kier molecular flexibility index (Phi) is 5.66. The summed E-state index contributed by atoms with van der Waals surface area (Å²) in [6, 6.07) is 4.91. The Balaban J connectivity index is 2.61. The molecule has 0 radical (unpaired) electrons. The maximum atomic E-state index is 10.3. The second-order valence-electron chi connectivity index (χ2n) is 3.95. The van der Waals surface area contributed by atoms with Crippen LogP contribution in [0.2, 0.25) is 0 Å². The Bertz CT molecular complexity index is 472. The summed E-state index contributed by atoms with van der Waals surface area (Å²) in [6.45, 7) is 2.08. The molecule has 19 heavy (non-hydrogen) atoms. The van der Waals surface area contributed by atoms with Crippen molar-refractivity contribution in [2.45, 2.75) is 19.8 Å². The fraction of sp³-hybridized carbons (Fsp3) is 0.385. The zero-order valence-corrected chi connectivity index (χ0v) is 11.0. The smallest absolute Gasteiger partial charge is 0.303 e. The van der Waals surface area contributed by atoms with Crippen molar-refractivity contribution in [3.05, 3.63) is 23.8 Å². The molecule has 0 spiro atoms. The average molecular weight is 266 g/mol. The predicted octanol–water partition coefficient (Wildman–Crippen LogP) is 1.58. The van der Waals surface area contributed by atoms with Crippen LogP contribution in [0.5, 0.6) is 11.5 Å². The number of aliphatic carboxylic acids is 1. The lowest BCUT2D eigenvalue weighted by molar-refractivity contribution is -0.137. The standard InChI is InChI=1S/C13H18N2O4/c1-9(15-14-2)11-6-5-10(8-12(11)16)19-7-3-4-13(17)18/h5-6,8,14,16H,3-4,7H2,1-2H3,(H,17,18)/b15-9+. The molecule has 0 fully saturated rings. The molecule has 6 heteroatoms. The molecule has 6 nitrogen and oxygen atoms in total. The van der Waals surface area contributed by atoms with Crippen molar-refractivity contribution in [3.8, 4) is 11.5 Å². The summed E-state index contributed by atoms with van der Waals surface area (Å²) in [5.74, 6) is -0.267. The monoisotopic (exact) mass is 266 g/mol. The lowest BCUT2D eigenvalue weighted by atomic mass is 10.1. The second-order valence-corrected chi connectivity index (χ2v) is 3.95. The van der Waals surface area contributed by atoms with E-state index in [-0.39, 0.29) is 12.2 Å². The van der Waals surface area contributed by atoms with Gasteiger partial charge in [-0.2, -0.15) is 5.10 Å². The van der Waals surface area contributed by atoms with E-state index in [0.29, 0.717) is 30.1 Å². The van der Waals surface area contributed by atoms with Gasteiger partial charge in [0.15, 0.2) is 0 Å². The van der Waals surface area contributed by atoms with Crippen molar-refractivity contribution < 1.29 is 19.7 Å². The lowest BCUT2D eigenvalue weighted by Gasteiger charge is -2.08. The SMILES string of the molecule is CN/N=C(\C)c1ccc(OCCCC(=O)O)cc1O. The van der Waals surface area contributed by atoms with E-state index in [9.17, 15) is 9.90 Å². The fourth-order valence-electron chi connectivity index (χ4n) is 1.55. The number of carbonyl (C=O) groups is 1. The number of carboxylic acids is 1. The van der Waals surface area contributed by atoms with Crippen LogP contribution in [-0.2, 0) is 4.79 Å². The van der Waals surface area contributed by atoms with E-state index in [4.69, 9.17) is 9.84 Å². The molecule has 0 aliphatic rings. The minimum atomic E-state index is -0.847. The number of benzene rings is 1. The Morgan fingerprint density at radius 3 is 2.79 bits per heavy atom. The Morgan fingerprint density at radius 1 is 1.47 bits per heavy atom. The van der Waals surface area contributed by atoms with E-state index < -0.39 is 5.97 Å². The first-order chi connectivity index (χ1) is 9.04. The third-order valence-electron chi connectivity index (χ3n) is 2.44. The van der Waals surface area contributed by atoms with Gasteiger partial charge in [0, 0.05) is 25.1 Å². The highest BCUT2D eigenvalue weighted by atomic mass is 16.5. The van der Waals surface area contributed by atoms with Crippen molar-refractivity contribution >= 4 is 11.7 Å². The first-order valence-corrected chi connectivity index (χ1v) is 5.93. The summed E-state index contributed by atoms with van der Waals surface area (Å²) in [7, 11) is 1.68. The molecule has 0 atom stereocenters. The third-order valence-corrected chi connectivity index (χ3v) is 2.44. The molecule has 0 bridgehead atoms. The summed E-state index contributed by atoms with van der Waals surface area (Å²) in [5.41, 5.74) is 3.93. The van der Waals surface area contributed by atoms with Gasteiger partial charge in [-0.15, -0.1) is 0 Å². The number of nitrogens with one attached hydrogen (secondary N) is 1. The first-order valence-electron chi connectivity index (χ1n) is 5.93. The number of hydrogen-bond acceptors (Lipinski definition) is 5. The maximum absolute atomic E-state index is 10.3. The van der Waals surface area contributed by atoms with Gasteiger partial charge in [0.25, 0.3) is 0 Å². The highest BCUT2D eigenvalue weighted by Gasteiger charge is 2.06. The van der Waals surface area contributed by atoms with E-state index in [2.05, 4.69) is 10.5 Å². The maximum Gasteiger partial charge on any atom is 0.303 e. The highest BCUT2D eigenvalue weighted by molar-refractivity contribution is 6.01. The summed E-state index contributed by atoms with van der Waals surface area (Å²) in [4.78, 5) is 10.3. The van der Waals surface area contributed by atoms with Crippen molar-refractivity contribution in [1.82, 2.24) is 5.43 Å². The van der Waals surface area contributed by atoms with Crippen LogP contribution in [0.1, 0.15) is 25.3 Å². The quantitative estimate of drug-likeness (QED) is 0.396. The fourth-order valence-corrected chi connectivity index (χ4v) is 1.55.